The standard InChI is InChI=1S/C13H21F3N2/c1-3-5-11(4-2)17-12-6-8-18(9-7-12)10-13(14,15)16/h1,11-12,17H,4-10H2,2H3. The van der Waals surface area contributed by atoms with Crippen LogP contribution in [0.5, 0.6) is 0 Å². The lowest BCUT2D eigenvalue weighted by Crippen LogP contribution is -2.48. The summed E-state index contributed by atoms with van der Waals surface area (Å²) in [4.78, 5) is 1.47. The van der Waals surface area contributed by atoms with Crippen LogP contribution in [0.25, 0.3) is 0 Å². The largest absolute Gasteiger partial charge is 0.401 e. The van der Waals surface area contributed by atoms with E-state index in [4.69, 9.17) is 6.42 Å². The zero-order valence-electron chi connectivity index (χ0n) is 10.8. The molecule has 1 atom stereocenters. The maximum atomic E-state index is 12.2. The lowest BCUT2D eigenvalue weighted by molar-refractivity contribution is -0.148. The highest BCUT2D eigenvalue weighted by molar-refractivity contribution is 4.91. The van der Waals surface area contributed by atoms with Gasteiger partial charge in [0.05, 0.1) is 6.54 Å². The number of piperidine rings is 1. The van der Waals surface area contributed by atoms with E-state index in [1.54, 1.807) is 0 Å². The second kappa shape index (κ2) is 7.01. The quantitative estimate of drug-likeness (QED) is 0.765. The molecule has 0 aromatic carbocycles. The maximum absolute atomic E-state index is 12.2. The predicted octanol–water partition coefficient (Wildman–Crippen LogP) is 2.40. The molecule has 1 unspecified atom stereocenters. The minimum absolute atomic E-state index is 0.286. The molecule has 1 N–H and O–H groups in total. The van der Waals surface area contributed by atoms with Gasteiger partial charge in [0.15, 0.2) is 0 Å². The fourth-order valence-electron chi connectivity index (χ4n) is 2.31. The SMILES string of the molecule is C#CCC(CC)NC1CCN(CC(F)(F)F)CC1. The Balaban J connectivity index is 2.29. The van der Waals surface area contributed by atoms with E-state index in [2.05, 4.69) is 18.2 Å². The Hall–Kier alpha value is -0.730. The van der Waals surface area contributed by atoms with E-state index < -0.39 is 12.7 Å². The summed E-state index contributed by atoms with van der Waals surface area (Å²) < 4.78 is 36.7. The molecular weight excluding hydrogens is 241 g/mol. The Morgan fingerprint density at radius 1 is 1.39 bits per heavy atom. The highest BCUT2D eigenvalue weighted by atomic mass is 19.4. The fraction of sp³-hybridized carbons (Fsp3) is 0.846. The summed E-state index contributed by atoms with van der Waals surface area (Å²) in [6.07, 6.45) is 4.34. The first-order chi connectivity index (χ1) is 8.44. The van der Waals surface area contributed by atoms with Gasteiger partial charge in [0, 0.05) is 18.5 Å². The Kier molecular flexibility index (Phi) is 5.97. The van der Waals surface area contributed by atoms with Crippen molar-refractivity contribution >= 4 is 0 Å². The summed E-state index contributed by atoms with van der Waals surface area (Å²) in [5, 5.41) is 3.44. The van der Waals surface area contributed by atoms with Gasteiger partial charge in [-0.3, -0.25) is 4.90 Å². The van der Waals surface area contributed by atoms with Gasteiger partial charge in [-0.2, -0.15) is 13.2 Å². The van der Waals surface area contributed by atoms with Crippen molar-refractivity contribution in [2.45, 2.75) is 50.9 Å². The molecule has 1 saturated heterocycles. The van der Waals surface area contributed by atoms with E-state index in [1.807, 2.05) is 0 Å². The molecule has 2 nitrogen and oxygen atoms in total. The average Bonchev–Trinajstić information content (AvgIpc) is 2.29. The number of likely N-dealkylation sites (tertiary alicyclic amines) is 1. The van der Waals surface area contributed by atoms with Crippen molar-refractivity contribution in [1.29, 1.82) is 0 Å². The molecule has 104 valence electrons. The molecule has 0 bridgehead atoms. The lowest BCUT2D eigenvalue weighted by atomic mass is 10.0. The second-order valence-corrected chi connectivity index (χ2v) is 4.85. The number of halogens is 3. The molecule has 0 spiro atoms. The summed E-state index contributed by atoms with van der Waals surface area (Å²) >= 11 is 0. The minimum Gasteiger partial charge on any atom is -0.310 e. The molecule has 1 aliphatic rings. The van der Waals surface area contributed by atoms with Crippen LogP contribution in [0.15, 0.2) is 0 Å². The van der Waals surface area contributed by atoms with Crippen LogP contribution >= 0.6 is 0 Å². The molecule has 0 aliphatic carbocycles. The molecule has 18 heavy (non-hydrogen) atoms. The highest BCUT2D eigenvalue weighted by Crippen LogP contribution is 2.20. The van der Waals surface area contributed by atoms with Crippen LogP contribution in [-0.4, -0.2) is 42.8 Å². The van der Waals surface area contributed by atoms with Crippen molar-refractivity contribution in [3.8, 4) is 12.3 Å². The number of terminal acetylenes is 1. The molecule has 0 aromatic heterocycles. The maximum Gasteiger partial charge on any atom is 0.401 e. The average molecular weight is 262 g/mol. The molecule has 1 fully saturated rings. The van der Waals surface area contributed by atoms with Crippen LogP contribution in [0, 0.1) is 12.3 Å². The molecule has 1 aliphatic heterocycles. The Morgan fingerprint density at radius 2 is 2.00 bits per heavy atom. The van der Waals surface area contributed by atoms with Crippen LogP contribution in [0.2, 0.25) is 0 Å². The van der Waals surface area contributed by atoms with E-state index in [1.165, 1.54) is 4.90 Å². The lowest BCUT2D eigenvalue weighted by Gasteiger charge is -2.34. The van der Waals surface area contributed by atoms with Crippen LogP contribution in [-0.2, 0) is 0 Å². The third kappa shape index (κ3) is 5.74. The zero-order chi connectivity index (χ0) is 13.6. The molecule has 0 saturated carbocycles. The smallest absolute Gasteiger partial charge is 0.310 e. The third-order valence-corrected chi connectivity index (χ3v) is 3.32. The zero-order valence-corrected chi connectivity index (χ0v) is 10.8. The van der Waals surface area contributed by atoms with Crippen molar-refractivity contribution in [3.05, 3.63) is 0 Å². The van der Waals surface area contributed by atoms with Crippen LogP contribution in [0.4, 0.5) is 13.2 Å². The molecule has 5 heteroatoms. The van der Waals surface area contributed by atoms with Crippen molar-refractivity contribution in [1.82, 2.24) is 10.2 Å². The summed E-state index contributed by atoms with van der Waals surface area (Å²) in [5.74, 6) is 2.63. The van der Waals surface area contributed by atoms with Gasteiger partial charge in [0.2, 0.25) is 0 Å². The number of hydrogen-bond donors (Lipinski definition) is 1. The van der Waals surface area contributed by atoms with Crippen molar-refractivity contribution in [2.75, 3.05) is 19.6 Å². The van der Waals surface area contributed by atoms with Gasteiger partial charge in [0.1, 0.15) is 0 Å². The summed E-state index contributed by atoms with van der Waals surface area (Å²) in [6, 6.07) is 0.585. The highest BCUT2D eigenvalue weighted by Gasteiger charge is 2.32. The van der Waals surface area contributed by atoms with Gasteiger partial charge in [-0.25, -0.2) is 0 Å². The second-order valence-electron chi connectivity index (χ2n) is 4.85. The molecule has 1 heterocycles. The molecule has 0 radical (unpaired) electrons. The Morgan fingerprint density at radius 3 is 2.44 bits per heavy atom. The predicted molar refractivity (Wildman–Crippen MR) is 66.2 cm³/mol. The van der Waals surface area contributed by atoms with Gasteiger partial charge in [-0.1, -0.05) is 6.92 Å². The molecule has 1 rings (SSSR count). The van der Waals surface area contributed by atoms with Crippen molar-refractivity contribution < 1.29 is 13.2 Å². The summed E-state index contributed by atoms with van der Waals surface area (Å²) in [5.41, 5.74) is 0. The Labute approximate surface area is 107 Å². The normalized spacial score (nSPS) is 20.6. The molecular formula is C13H21F3N2. The first-order valence-electron chi connectivity index (χ1n) is 6.43. The summed E-state index contributed by atoms with van der Waals surface area (Å²) in [6.45, 7) is 2.28. The first-order valence-corrected chi connectivity index (χ1v) is 6.43. The van der Waals surface area contributed by atoms with Crippen LogP contribution in [0.1, 0.15) is 32.6 Å². The van der Waals surface area contributed by atoms with Gasteiger partial charge < -0.3 is 5.32 Å². The van der Waals surface area contributed by atoms with E-state index in [-0.39, 0.29) is 6.04 Å². The van der Waals surface area contributed by atoms with E-state index in [0.29, 0.717) is 25.6 Å². The minimum atomic E-state index is -4.09. The van der Waals surface area contributed by atoms with E-state index in [9.17, 15) is 13.2 Å². The van der Waals surface area contributed by atoms with Crippen molar-refractivity contribution in [2.24, 2.45) is 0 Å². The third-order valence-electron chi connectivity index (χ3n) is 3.32. The van der Waals surface area contributed by atoms with Crippen LogP contribution < -0.4 is 5.32 Å². The van der Waals surface area contributed by atoms with Crippen LogP contribution in [0.3, 0.4) is 0 Å². The fourth-order valence-corrected chi connectivity index (χ4v) is 2.31. The van der Waals surface area contributed by atoms with E-state index in [0.717, 1.165) is 19.3 Å². The van der Waals surface area contributed by atoms with Gasteiger partial charge in [0.25, 0.3) is 0 Å². The van der Waals surface area contributed by atoms with Crippen molar-refractivity contribution in [3.63, 3.8) is 0 Å². The van der Waals surface area contributed by atoms with E-state index >= 15 is 0 Å². The number of rotatable bonds is 5. The monoisotopic (exact) mass is 262 g/mol. The topological polar surface area (TPSA) is 15.3 Å². The Bertz CT molecular complexity index is 275. The van der Waals surface area contributed by atoms with Gasteiger partial charge >= 0.3 is 6.18 Å². The first kappa shape index (κ1) is 15.3. The number of alkyl halides is 3. The number of hydrogen-bond acceptors (Lipinski definition) is 2. The molecule has 0 aromatic rings. The van der Waals surface area contributed by atoms with Gasteiger partial charge in [-0.15, -0.1) is 12.3 Å². The summed E-state index contributed by atoms with van der Waals surface area (Å²) in [7, 11) is 0. The number of nitrogens with zero attached hydrogens (tertiary/aromatic N) is 1. The molecule has 0 amide bonds. The number of nitrogens with one attached hydrogen (secondary N) is 1. The van der Waals surface area contributed by atoms with Gasteiger partial charge in [-0.05, 0) is 32.4 Å².